The van der Waals surface area contributed by atoms with Crippen LogP contribution in [0, 0.1) is 10.1 Å². The van der Waals surface area contributed by atoms with Crippen molar-refractivity contribution >= 4 is 17.3 Å². The molecule has 4 nitrogen and oxygen atoms in total. The average Bonchev–Trinajstić information content (AvgIpc) is 2.86. The maximum absolute atomic E-state index is 10.6. The third-order valence-corrected chi connectivity index (χ3v) is 2.31. The molecule has 1 heterocycles. The summed E-state index contributed by atoms with van der Waals surface area (Å²) in [5.41, 5.74) is 0.705. The van der Waals surface area contributed by atoms with Gasteiger partial charge < -0.3 is 5.32 Å². The number of nitro groups is 1. The lowest BCUT2D eigenvalue weighted by molar-refractivity contribution is -0.385. The fourth-order valence-corrected chi connectivity index (χ4v) is 1.59. The second kappa shape index (κ2) is 2.97. The summed E-state index contributed by atoms with van der Waals surface area (Å²) in [6.07, 6.45) is 0. The lowest BCUT2D eigenvalue weighted by Crippen LogP contribution is -1.96. The van der Waals surface area contributed by atoms with Gasteiger partial charge in [0.15, 0.2) is 0 Å². The van der Waals surface area contributed by atoms with Gasteiger partial charge in [-0.15, -0.1) is 0 Å². The van der Waals surface area contributed by atoms with Crippen LogP contribution in [-0.2, 0) is 0 Å². The number of benzene rings is 1. The summed E-state index contributed by atoms with van der Waals surface area (Å²) in [5.74, 6) is 0. The maximum Gasteiger partial charge on any atom is 0.275 e. The predicted octanol–water partition coefficient (Wildman–Crippen LogP) is 1.89. The van der Waals surface area contributed by atoms with E-state index >= 15 is 0 Å². The van der Waals surface area contributed by atoms with Gasteiger partial charge in [-0.1, -0.05) is 17.7 Å². The largest absolute Gasteiger partial charge is 0.307 e. The van der Waals surface area contributed by atoms with Gasteiger partial charge in [-0.2, -0.15) is 0 Å². The van der Waals surface area contributed by atoms with Crippen LogP contribution >= 0.6 is 11.6 Å². The minimum atomic E-state index is -0.402. The zero-order valence-electron chi connectivity index (χ0n) is 6.66. The SMILES string of the molecule is O=[N+]([O-])c1cccc(Cl)c1[C@H]1CN1. The van der Waals surface area contributed by atoms with E-state index in [-0.39, 0.29) is 11.7 Å². The zero-order valence-corrected chi connectivity index (χ0v) is 7.41. The Morgan fingerprint density at radius 3 is 2.85 bits per heavy atom. The van der Waals surface area contributed by atoms with Crippen molar-refractivity contribution < 1.29 is 4.92 Å². The molecular formula is C8H7ClN2O2. The number of nitrogens with zero attached hydrogens (tertiary/aromatic N) is 1. The van der Waals surface area contributed by atoms with Crippen LogP contribution in [0.5, 0.6) is 0 Å². The third-order valence-electron chi connectivity index (χ3n) is 1.98. The third kappa shape index (κ3) is 1.50. The molecule has 1 N–H and O–H groups in total. The molecule has 1 fully saturated rings. The molecule has 1 atom stereocenters. The van der Waals surface area contributed by atoms with Gasteiger partial charge in [-0.3, -0.25) is 10.1 Å². The summed E-state index contributed by atoms with van der Waals surface area (Å²) in [6, 6.07) is 4.80. The molecule has 1 aliphatic heterocycles. The monoisotopic (exact) mass is 198 g/mol. The van der Waals surface area contributed by atoms with Crippen LogP contribution < -0.4 is 5.32 Å². The molecular weight excluding hydrogens is 192 g/mol. The van der Waals surface area contributed by atoms with E-state index in [1.165, 1.54) is 6.07 Å². The Balaban J connectivity index is 2.53. The highest BCUT2D eigenvalue weighted by molar-refractivity contribution is 6.31. The van der Waals surface area contributed by atoms with Crippen LogP contribution in [0.2, 0.25) is 5.02 Å². The van der Waals surface area contributed by atoms with E-state index in [0.29, 0.717) is 10.6 Å². The molecule has 0 aromatic heterocycles. The molecule has 2 rings (SSSR count). The zero-order chi connectivity index (χ0) is 9.42. The Bertz CT molecular complexity index is 363. The molecule has 0 bridgehead atoms. The van der Waals surface area contributed by atoms with Gasteiger partial charge in [0.1, 0.15) is 0 Å². The number of hydrogen-bond donors (Lipinski definition) is 1. The summed E-state index contributed by atoms with van der Waals surface area (Å²) < 4.78 is 0. The van der Waals surface area contributed by atoms with Gasteiger partial charge >= 0.3 is 0 Å². The van der Waals surface area contributed by atoms with Gasteiger partial charge in [-0.05, 0) is 6.07 Å². The highest BCUT2D eigenvalue weighted by Crippen LogP contribution is 2.35. The highest BCUT2D eigenvalue weighted by Gasteiger charge is 2.31. The van der Waals surface area contributed by atoms with E-state index in [1.807, 2.05) is 0 Å². The molecule has 68 valence electrons. The Morgan fingerprint density at radius 1 is 1.62 bits per heavy atom. The maximum atomic E-state index is 10.6. The summed E-state index contributed by atoms with van der Waals surface area (Å²) in [4.78, 5) is 10.2. The van der Waals surface area contributed by atoms with Crippen molar-refractivity contribution in [3.63, 3.8) is 0 Å². The minimum absolute atomic E-state index is 0.0640. The summed E-state index contributed by atoms with van der Waals surface area (Å²) in [7, 11) is 0. The molecule has 1 aromatic carbocycles. The Kier molecular flexibility index (Phi) is 1.94. The number of nitro benzene ring substituents is 1. The summed E-state index contributed by atoms with van der Waals surface area (Å²) in [5, 5.41) is 14.1. The molecule has 0 aliphatic carbocycles. The molecule has 0 radical (unpaired) electrons. The first-order chi connectivity index (χ1) is 6.20. The molecule has 5 heteroatoms. The van der Waals surface area contributed by atoms with Crippen molar-refractivity contribution in [2.45, 2.75) is 6.04 Å². The molecule has 1 aromatic rings. The quantitative estimate of drug-likeness (QED) is 0.448. The Hall–Kier alpha value is -1.13. The molecule has 1 saturated heterocycles. The van der Waals surface area contributed by atoms with Crippen molar-refractivity contribution in [1.82, 2.24) is 5.32 Å². The molecule has 0 spiro atoms. The number of rotatable bonds is 2. The molecule has 0 saturated carbocycles. The number of nitrogens with one attached hydrogen (secondary N) is 1. The van der Waals surface area contributed by atoms with Gasteiger partial charge in [-0.25, -0.2) is 0 Å². The summed E-state index contributed by atoms with van der Waals surface area (Å²) in [6.45, 7) is 0.768. The van der Waals surface area contributed by atoms with Crippen LogP contribution in [0.25, 0.3) is 0 Å². The average molecular weight is 199 g/mol. The van der Waals surface area contributed by atoms with E-state index in [1.54, 1.807) is 12.1 Å². The van der Waals surface area contributed by atoms with Crippen molar-refractivity contribution in [2.24, 2.45) is 0 Å². The first-order valence-corrected chi connectivity index (χ1v) is 4.24. The fraction of sp³-hybridized carbons (Fsp3) is 0.250. The van der Waals surface area contributed by atoms with Crippen molar-refractivity contribution in [1.29, 1.82) is 0 Å². The minimum Gasteiger partial charge on any atom is -0.307 e. The lowest BCUT2D eigenvalue weighted by Gasteiger charge is -2.01. The van der Waals surface area contributed by atoms with Crippen LogP contribution in [0.3, 0.4) is 0 Å². The molecule has 0 amide bonds. The van der Waals surface area contributed by atoms with Crippen molar-refractivity contribution in [3.05, 3.63) is 38.9 Å². The topological polar surface area (TPSA) is 65.1 Å². The van der Waals surface area contributed by atoms with E-state index in [9.17, 15) is 10.1 Å². The van der Waals surface area contributed by atoms with Crippen LogP contribution in [-0.4, -0.2) is 11.5 Å². The summed E-state index contributed by atoms with van der Waals surface area (Å²) >= 11 is 5.86. The first kappa shape index (κ1) is 8.47. The first-order valence-electron chi connectivity index (χ1n) is 3.86. The van der Waals surface area contributed by atoms with Gasteiger partial charge in [0.05, 0.1) is 21.6 Å². The smallest absolute Gasteiger partial charge is 0.275 e. The molecule has 13 heavy (non-hydrogen) atoms. The van der Waals surface area contributed by atoms with Crippen LogP contribution in [0.1, 0.15) is 11.6 Å². The van der Waals surface area contributed by atoms with Gasteiger partial charge in [0.2, 0.25) is 0 Å². The van der Waals surface area contributed by atoms with E-state index in [4.69, 9.17) is 11.6 Å². The van der Waals surface area contributed by atoms with Crippen LogP contribution in [0.4, 0.5) is 5.69 Å². The standard InChI is InChI=1S/C8H7ClN2O2/c9-5-2-1-3-7(11(12)13)8(5)6-4-10-6/h1-3,6,10H,4H2/t6-/m1/s1. The van der Waals surface area contributed by atoms with Crippen molar-refractivity contribution in [3.8, 4) is 0 Å². The Morgan fingerprint density at radius 2 is 2.31 bits per heavy atom. The van der Waals surface area contributed by atoms with E-state index < -0.39 is 4.92 Å². The highest BCUT2D eigenvalue weighted by atomic mass is 35.5. The van der Waals surface area contributed by atoms with Gasteiger partial charge in [0.25, 0.3) is 5.69 Å². The fourth-order valence-electron chi connectivity index (χ4n) is 1.29. The molecule has 0 unspecified atom stereocenters. The van der Waals surface area contributed by atoms with Crippen LogP contribution in [0.15, 0.2) is 18.2 Å². The van der Waals surface area contributed by atoms with Crippen molar-refractivity contribution in [2.75, 3.05) is 6.54 Å². The predicted molar refractivity (Wildman–Crippen MR) is 48.9 cm³/mol. The lowest BCUT2D eigenvalue weighted by atomic mass is 10.1. The number of halogens is 1. The second-order valence-corrected chi connectivity index (χ2v) is 3.30. The Labute approximate surface area is 79.7 Å². The van der Waals surface area contributed by atoms with E-state index in [0.717, 1.165) is 6.54 Å². The second-order valence-electron chi connectivity index (χ2n) is 2.89. The van der Waals surface area contributed by atoms with E-state index in [2.05, 4.69) is 5.32 Å². The number of hydrogen-bond acceptors (Lipinski definition) is 3. The van der Waals surface area contributed by atoms with Gasteiger partial charge in [0, 0.05) is 12.6 Å². The normalized spacial score (nSPS) is 19.9. The molecule has 1 aliphatic rings.